The molecule has 0 aromatic rings. The number of carbonyl (C=O) groups excluding carboxylic acids is 1. The van der Waals surface area contributed by atoms with Crippen molar-refractivity contribution in [2.24, 2.45) is 5.90 Å². The monoisotopic (exact) mass is 223 g/mol. The zero-order valence-corrected chi connectivity index (χ0v) is 9.24. The maximum absolute atomic E-state index is 12.2. The Balaban J connectivity index is 2.12. The number of rotatable bonds is 2. The number of hydrogen-bond acceptors (Lipinski definition) is 4. The third-order valence-corrected chi connectivity index (χ3v) is 2.95. The molecule has 1 amide bonds. The predicted octanol–water partition coefficient (Wildman–Crippen LogP) is 0.260. The van der Waals surface area contributed by atoms with Crippen molar-refractivity contribution >= 4 is 5.91 Å². The summed E-state index contributed by atoms with van der Waals surface area (Å²) < 4.78 is 0. The Kier molecular flexibility index (Phi) is 3.46. The van der Waals surface area contributed by atoms with Gasteiger partial charge in [-0.1, -0.05) is 0 Å². The molecule has 2 heterocycles. The van der Waals surface area contributed by atoms with E-state index in [1.165, 1.54) is 6.42 Å². The number of piperidine rings is 1. The van der Waals surface area contributed by atoms with E-state index in [0.717, 1.165) is 25.9 Å². The first-order chi connectivity index (χ1) is 7.83. The summed E-state index contributed by atoms with van der Waals surface area (Å²) in [7, 11) is 0. The fourth-order valence-corrected chi connectivity index (χ4v) is 2.05. The lowest BCUT2D eigenvalue weighted by Crippen LogP contribution is -2.38. The number of hydrogen-bond donors (Lipinski definition) is 2. The first-order valence-corrected chi connectivity index (χ1v) is 5.62. The van der Waals surface area contributed by atoms with Gasteiger partial charge in [-0.15, -0.1) is 0 Å². The number of nitrogens with zero attached hydrogens (tertiary/aromatic N) is 1. The highest BCUT2D eigenvalue weighted by Gasteiger charge is 2.23. The van der Waals surface area contributed by atoms with Crippen LogP contribution in [0.25, 0.3) is 0 Å². The Labute approximate surface area is 94.9 Å². The summed E-state index contributed by atoms with van der Waals surface area (Å²) in [6, 6.07) is 0. The van der Waals surface area contributed by atoms with Crippen LogP contribution in [0.3, 0.4) is 0 Å². The maximum Gasteiger partial charge on any atom is 0.257 e. The van der Waals surface area contributed by atoms with Gasteiger partial charge in [-0.05, 0) is 31.5 Å². The highest BCUT2D eigenvalue weighted by Crippen LogP contribution is 2.16. The first kappa shape index (κ1) is 11.0. The zero-order chi connectivity index (χ0) is 11.4. The molecule has 0 aromatic carbocycles. The van der Waals surface area contributed by atoms with E-state index in [1.54, 1.807) is 12.3 Å². The third kappa shape index (κ3) is 2.19. The van der Waals surface area contributed by atoms with Crippen LogP contribution in [0.4, 0.5) is 0 Å². The number of carbonyl (C=O) groups is 1. The molecule has 5 nitrogen and oxygen atoms in total. The average Bonchev–Trinajstić information content (AvgIpc) is 2.39. The van der Waals surface area contributed by atoms with Crippen molar-refractivity contribution in [2.75, 3.05) is 19.6 Å². The summed E-state index contributed by atoms with van der Waals surface area (Å²) >= 11 is 0. The molecule has 0 aromatic heterocycles. The third-order valence-electron chi connectivity index (χ3n) is 2.95. The molecule has 88 valence electrons. The number of likely N-dealkylation sites (tertiary alicyclic amines) is 1. The van der Waals surface area contributed by atoms with Crippen molar-refractivity contribution in [2.45, 2.75) is 19.3 Å². The lowest BCUT2D eigenvalue weighted by molar-refractivity contribution is -0.127. The molecule has 3 N–H and O–H groups in total. The number of nitrogens with two attached hydrogens (primary N) is 1. The summed E-state index contributed by atoms with van der Waals surface area (Å²) in [5.41, 5.74) is 0.572. The molecule has 0 atom stereocenters. The smallest absolute Gasteiger partial charge is 0.257 e. The van der Waals surface area contributed by atoms with Crippen LogP contribution in [-0.2, 0) is 9.63 Å². The summed E-state index contributed by atoms with van der Waals surface area (Å²) in [6.45, 7) is 2.14. The van der Waals surface area contributed by atoms with Crippen molar-refractivity contribution in [3.05, 3.63) is 23.6 Å². The van der Waals surface area contributed by atoms with E-state index < -0.39 is 0 Å². The van der Waals surface area contributed by atoms with Gasteiger partial charge in [0, 0.05) is 13.1 Å². The Bertz CT molecular complexity index is 330. The molecule has 1 saturated heterocycles. The average molecular weight is 223 g/mol. The molecule has 0 saturated carbocycles. The van der Waals surface area contributed by atoms with E-state index in [2.05, 4.69) is 5.32 Å². The molecular formula is C11H17N3O2. The van der Waals surface area contributed by atoms with Crippen LogP contribution in [-0.4, -0.2) is 30.4 Å². The minimum Gasteiger partial charge on any atom is -0.413 e. The molecule has 5 heteroatoms. The van der Waals surface area contributed by atoms with E-state index in [-0.39, 0.29) is 5.91 Å². The highest BCUT2D eigenvalue weighted by molar-refractivity contribution is 5.97. The Morgan fingerprint density at radius 2 is 2.12 bits per heavy atom. The quantitative estimate of drug-likeness (QED) is 0.659. The molecule has 2 aliphatic rings. The van der Waals surface area contributed by atoms with Gasteiger partial charge >= 0.3 is 0 Å². The second-order valence-electron chi connectivity index (χ2n) is 4.02. The van der Waals surface area contributed by atoms with Crippen molar-refractivity contribution in [3.63, 3.8) is 0 Å². The Morgan fingerprint density at radius 3 is 2.81 bits per heavy atom. The molecule has 16 heavy (non-hydrogen) atoms. The lowest BCUT2D eigenvalue weighted by Gasteiger charge is -2.28. The topological polar surface area (TPSA) is 67.6 Å². The molecule has 0 unspecified atom stereocenters. The van der Waals surface area contributed by atoms with Crippen molar-refractivity contribution < 1.29 is 9.63 Å². The van der Waals surface area contributed by atoms with Crippen LogP contribution in [0.2, 0.25) is 0 Å². The van der Waals surface area contributed by atoms with Crippen LogP contribution in [0.1, 0.15) is 19.3 Å². The molecule has 0 spiro atoms. The second kappa shape index (κ2) is 5.03. The van der Waals surface area contributed by atoms with E-state index in [9.17, 15) is 4.79 Å². The molecule has 2 aliphatic heterocycles. The molecule has 0 radical (unpaired) electrons. The fourth-order valence-electron chi connectivity index (χ4n) is 2.05. The van der Waals surface area contributed by atoms with Gasteiger partial charge in [-0.3, -0.25) is 4.79 Å². The Hall–Kier alpha value is -1.49. The normalized spacial score (nSPS) is 20.7. The van der Waals surface area contributed by atoms with Crippen LogP contribution < -0.4 is 11.2 Å². The van der Waals surface area contributed by atoms with Crippen molar-refractivity contribution in [1.82, 2.24) is 10.2 Å². The molecular weight excluding hydrogens is 206 g/mol. The summed E-state index contributed by atoms with van der Waals surface area (Å²) in [5.74, 6) is 5.70. The van der Waals surface area contributed by atoms with Gasteiger partial charge < -0.3 is 15.1 Å². The number of dihydropyridines is 1. The maximum atomic E-state index is 12.2. The fraction of sp³-hybridized carbons (Fsp3) is 0.545. The van der Waals surface area contributed by atoms with Gasteiger partial charge in [-0.25, -0.2) is 0 Å². The van der Waals surface area contributed by atoms with Crippen molar-refractivity contribution in [3.8, 4) is 0 Å². The minimum atomic E-state index is 0.0258. The van der Waals surface area contributed by atoms with E-state index in [1.807, 2.05) is 4.90 Å². The standard InChI is InChI=1S/C11H17N3O2/c12-16-10-8-13-5-4-9(10)11(15)14-6-2-1-3-7-14/h4-5,13H,1-3,6-8,12H2. The minimum absolute atomic E-state index is 0.0258. The van der Waals surface area contributed by atoms with Gasteiger partial charge in [0.2, 0.25) is 0 Å². The van der Waals surface area contributed by atoms with Crippen LogP contribution >= 0.6 is 0 Å². The lowest BCUT2D eigenvalue weighted by atomic mass is 10.1. The number of nitrogens with one attached hydrogen (secondary N) is 1. The second-order valence-corrected chi connectivity index (χ2v) is 4.02. The molecule has 1 fully saturated rings. The molecule has 0 bridgehead atoms. The van der Waals surface area contributed by atoms with Crippen LogP contribution in [0.15, 0.2) is 23.6 Å². The van der Waals surface area contributed by atoms with Crippen LogP contribution in [0.5, 0.6) is 0 Å². The van der Waals surface area contributed by atoms with Crippen LogP contribution in [0, 0.1) is 0 Å². The number of amides is 1. The highest BCUT2D eigenvalue weighted by atomic mass is 16.6. The van der Waals surface area contributed by atoms with E-state index in [0.29, 0.717) is 17.9 Å². The van der Waals surface area contributed by atoms with Gasteiger partial charge in [0.05, 0.1) is 12.1 Å². The van der Waals surface area contributed by atoms with Gasteiger partial charge in [0.1, 0.15) is 0 Å². The molecule has 0 aliphatic carbocycles. The van der Waals surface area contributed by atoms with Gasteiger partial charge in [0.15, 0.2) is 5.76 Å². The summed E-state index contributed by atoms with van der Waals surface area (Å²) in [6.07, 6.45) is 6.85. The summed E-state index contributed by atoms with van der Waals surface area (Å²) in [4.78, 5) is 18.8. The van der Waals surface area contributed by atoms with Crippen molar-refractivity contribution in [1.29, 1.82) is 0 Å². The Morgan fingerprint density at radius 1 is 1.38 bits per heavy atom. The largest absolute Gasteiger partial charge is 0.413 e. The first-order valence-electron chi connectivity index (χ1n) is 5.62. The molecule has 2 rings (SSSR count). The predicted molar refractivity (Wildman–Crippen MR) is 59.9 cm³/mol. The summed E-state index contributed by atoms with van der Waals surface area (Å²) in [5, 5.41) is 2.96. The zero-order valence-electron chi connectivity index (χ0n) is 9.24. The SMILES string of the molecule is NOC1=C(C(=O)N2CCCCC2)C=CNC1. The van der Waals surface area contributed by atoms with E-state index >= 15 is 0 Å². The van der Waals surface area contributed by atoms with E-state index in [4.69, 9.17) is 10.7 Å². The van der Waals surface area contributed by atoms with Gasteiger partial charge in [-0.2, -0.15) is 5.90 Å². The van der Waals surface area contributed by atoms with Gasteiger partial charge in [0.25, 0.3) is 5.91 Å².